The largest absolute Gasteiger partial charge is 0.367 e. The van der Waals surface area contributed by atoms with Crippen molar-refractivity contribution < 1.29 is 0 Å². The predicted molar refractivity (Wildman–Crippen MR) is 54.4 cm³/mol. The highest BCUT2D eigenvalue weighted by Crippen LogP contribution is 2.11. The van der Waals surface area contributed by atoms with Crippen molar-refractivity contribution in [3.05, 3.63) is 36.2 Å². The first-order valence-electron chi connectivity index (χ1n) is 4.95. The van der Waals surface area contributed by atoms with Gasteiger partial charge in [-0.3, -0.25) is 0 Å². The fraction of sp³-hybridized carbons (Fsp3) is 0.455. The minimum absolute atomic E-state index is 0.680. The van der Waals surface area contributed by atoms with Gasteiger partial charge in [-0.1, -0.05) is 12.2 Å². The molecule has 0 aromatic carbocycles. The van der Waals surface area contributed by atoms with Crippen molar-refractivity contribution in [2.75, 3.05) is 0 Å². The molecule has 0 aliphatic heterocycles. The van der Waals surface area contributed by atoms with Crippen molar-refractivity contribution in [3.63, 3.8) is 0 Å². The quantitative estimate of drug-likeness (QED) is 0.679. The Labute approximate surface area is 79.0 Å². The van der Waals surface area contributed by atoms with E-state index in [0.29, 0.717) is 6.04 Å². The SMILES string of the molecule is C1=CCC(NCc2cc[nH]c2)CC1. The molecule has 2 nitrogen and oxygen atoms in total. The highest BCUT2D eigenvalue weighted by atomic mass is 14.9. The lowest BCUT2D eigenvalue weighted by Gasteiger charge is -2.18. The molecule has 2 N–H and O–H groups in total. The van der Waals surface area contributed by atoms with Gasteiger partial charge in [-0.25, -0.2) is 0 Å². The van der Waals surface area contributed by atoms with E-state index < -0.39 is 0 Å². The summed E-state index contributed by atoms with van der Waals surface area (Å²) >= 11 is 0. The maximum atomic E-state index is 3.55. The third-order valence-electron chi connectivity index (χ3n) is 2.53. The topological polar surface area (TPSA) is 27.8 Å². The monoisotopic (exact) mass is 176 g/mol. The van der Waals surface area contributed by atoms with E-state index >= 15 is 0 Å². The molecular formula is C11H16N2. The molecule has 0 radical (unpaired) electrons. The molecule has 2 rings (SSSR count). The number of allylic oxidation sites excluding steroid dienone is 1. The van der Waals surface area contributed by atoms with Crippen LogP contribution in [0.5, 0.6) is 0 Å². The van der Waals surface area contributed by atoms with Crippen molar-refractivity contribution >= 4 is 0 Å². The zero-order valence-electron chi connectivity index (χ0n) is 7.79. The van der Waals surface area contributed by atoms with E-state index in [4.69, 9.17) is 0 Å². The summed E-state index contributed by atoms with van der Waals surface area (Å²) in [5.41, 5.74) is 1.34. The van der Waals surface area contributed by atoms with Crippen LogP contribution in [0.25, 0.3) is 0 Å². The van der Waals surface area contributed by atoms with E-state index in [0.717, 1.165) is 6.54 Å². The molecule has 1 atom stereocenters. The van der Waals surface area contributed by atoms with E-state index in [1.165, 1.54) is 24.8 Å². The third kappa shape index (κ3) is 2.46. The van der Waals surface area contributed by atoms with Gasteiger partial charge in [0.25, 0.3) is 0 Å². The Balaban J connectivity index is 1.76. The number of hydrogen-bond donors (Lipinski definition) is 2. The average Bonchev–Trinajstić information content (AvgIpc) is 2.69. The van der Waals surface area contributed by atoms with Crippen molar-refractivity contribution in [1.82, 2.24) is 10.3 Å². The van der Waals surface area contributed by atoms with Crippen LogP contribution in [-0.2, 0) is 6.54 Å². The molecular weight excluding hydrogens is 160 g/mol. The molecule has 0 saturated heterocycles. The molecule has 1 heterocycles. The molecule has 1 aliphatic carbocycles. The van der Waals surface area contributed by atoms with Gasteiger partial charge in [-0.15, -0.1) is 0 Å². The van der Waals surface area contributed by atoms with Gasteiger partial charge in [-0.05, 0) is 30.9 Å². The third-order valence-corrected chi connectivity index (χ3v) is 2.53. The van der Waals surface area contributed by atoms with Crippen LogP contribution in [0.2, 0.25) is 0 Å². The Morgan fingerprint density at radius 3 is 3.15 bits per heavy atom. The van der Waals surface area contributed by atoms with Gasteiger partial charge in [0.2, 0.25) is 0 Å². The summed E-state index contributed by atoms with van der Waals surface area (Å²) in [6.45, 7) is 0.988. The molecule has 1 aromatic heterocycles. The second kappa shape index (κ2) is 4.28. The van der Waals surface area contributed by atoms with E-state index in [-0.39, 0.29) is 0 Å². The van der Waals surface area contributed by atoms with E-state index in [1.54, 1.807) is 0 Å². The fourth-order valence-electron chi connectivity index (χ4n) is 1.71. The molecule has 0 saturated carbocycles. The van der Waals surface area contributed by atoms with Gasteiger partial charge >= 0.3 is 0 Å². The molecule has 0 bridgehead atoms. The number of aromatic nitrogens is 1. The first-order valence-corrected chi connectivity index (χ1v) is 4.95. The zero-order chi connectivity index (χ0) is 8.93. The normalized spacial score (nSPS) is 22.0. The van der Waals surface area contributed by atoms with Crippen LogP contribution in [0.1, 0.15) is 24.8 Å². The van der Waals surface area contributed by atoms with Crippen LogP contribution in [0.15, 0.2) is 30.6 Å². The van der Waals surface area contributed by atoms with Gasteiger partial charge in [0.15, 0.2) is 0 Å². The molecule has 0 amide bonds. The molecule has 13 heavy (non-hydrogen) atoms. The first-order chi connectivity index (χ1) is 6.45. The Kier molecular flexibility index (Phi) is 2.82. The zero-order valence-corrected chi connectivity index (χ0v) is 7.79. The second-order valence-corrected chi connectivity index (χ2v) is 3.58. The van der Waals surface area contributed by atoms with Crippen LogP contribution in [0, 0.1) is 0 Å². The van der Waals surface area contributed by atoms with Gasteiger partial charge < -0.3 is 10.3 Å². The smallest absolute Gasteiger partial charge is 0.0223 e. The van der Waals surface area contributed by atoms with Gasteiger partial charge in [-0.2, -0.15) is 0 Å². The van der Waals surface area contributed by atoms with Crippen LogP contribution < -0.4 is 5.32 Å². The Morgan fingerprint density at radius 1 is 1.46 bits per heavy atom. The summed E-state index contributed by atoms with van der Waals surface area (Å²) in [7, 11) is 0. The van der Waals surface area contributed by atoms with Crippen LogP contribution in [0.4, 0.5) is 0 Å². The maximum Gasteiger partial charge on any atom is 0.0223 e. The predicted octanol–water partition coefficient (Wildman–Crippen LogP) is 2.21. The molecule has 1 aliphatic rings. The standard InChI is InChI=1S/C11H16N2/c1-2-4-11(5-3-1)13-9-10-6-7-12-8-10/h1-2,6-8,11-13H,3-5,9H2. The van der Waals surface area contributed by atoms with Crippen molar-refractivity contribution in [1.29, 1.82) is 0 Å². The Morgan fingerprint density at radius 2 is 2.46 bits per heavy atom. The summed E-state index contributed by atoms with van der Waals surface area (Å²) in [5, 5.41) is 3.55. The number of hydrogen-bond acceptors (Lipinski definition) is 1. The number of rotatable bonds is 3. The van der Waals surface area contributed by atoms with Gasteiger partial charge in [0, 0.05) is 25.0 Å². The first kappa shape index (κ1) is 8.57. The number of H-pyrrole nitrogens is 1. The summed E-state index contributed by atoms with van der Waals surface area (Å²) in [5.74, 6) is 0. The summed E-state index contributed by atoms with van der Waals surface area (Å²) in [4.78, 5) is 3.06. The molecule has 2 heteroatoms. The van der Waals surface area contributed by atoms with E-state index in [9.17, 15) is 0 Å². The highest BCUT2D eigenvalue weighted by Gasteiger charge is 2.08. The fourth-order valence-corrected chi connectivity index (χ4v) is 1.71. The minimum atomic E-state index is 0.680. The lowest BCUT2D eigenvalue weighted by atomic mass is 10.0. The molecule has 1 aromatic rings. The Hall–Kier alpha value is -1.02. The van der Waals surface area contributed by atoms with E-state index in [1.807, 2.05) is 12.4 Å². The molecule has 0 fully saturated rings. The number of nitrogens with one attached hydrogen (secondary N) is 2. The summed E-state index contributed by atoms with van der Waals surface area (Å²) < 4.78 is 0. The highest BCUT2D eigenvalue weighted by molar-refractivity contribution is 5.08. The molecule has 70 valence electrons. The minimum Gasteiger partial charge on any atom is -0.367 e. The lowest BCUT2D eigenvalue weighted by Crippen LogP contribution is -2.28. The van der Waals surface area contributed by atoms with E-state index in [2.05, 4.69) is 28.5 Å². The van der Waals surface area contributed by atoms with Crippen molar-refractivity contribution in [2.24, 2.45) is 0 Å². The average molecular weight is 176 g/mol. The lowest BCUT2D eigenvalue weighted by molar-refractivity contribution is 0.474. The summed E-state index contributed by atoms with van der Waals surface area (Å²) in [6, 6.07) is 2.80. The Bertz CT molecular complexity index is 262. The van der Waals surface area contributed by atoms with Crippen molar-refractivity contribution in [2.45, 2.75) is 31.8 Å². The van der Waals surface area contributed by atoms with Crippen molar-refractivity contribution in [3.8, 4) is 0 Å². The maximum absolute atomic E-state index is 3.55. The number of aromatic amines is 1. The van der Waals surface area contributed by atoms with Crippen LogP contribution >= 0.6 is 0 Å². The van der Waals surface area contributed by atoms with Gasteiger partial charge in [0.05, 0.1) is 0 Å². The van der Waals surface area contributed by atoms with Crippen LogP contribution in [0.3, 0.4) is 0 Å². The van der Waals surface area contributed by atoms with Crippen LogP contribution in [-0.4, -0.2) is 11.0 Å². The molecule has 1 unspecified atom stereocenters. The molecule has 0 spiro atoms. The second-order valence-electron chi connectivity index (χ2n) is 3.58. The van der Waals surface area contributed by atoms with Gasteiger partial charge in [0.1, 0.15) is 0 Å². The summed E-state index contributed by atoms with van der Waals surface area (Å²) in [6.07, 6.45) is 12.3.